The summed E-state index contributed by atoms with van der Waals surface area (Å²) in [5.74, 6) is 0. The van der Waals surface area contributed by atoms with E-state index in [0.29, 0.717) is 6.61 Å². The first kappa shape index (κ1) is 10.4. The number of rotatable bonds is 3. The van der Waals surface area contributed by atoms with Crippen LogP contribution in [0.15, 0.2) is 30.3 Å². The van der Waals surface area contributed by atoms with Crippen LogP contribution >= 0.6 is 11.6 Å². The molecule has 0 aliphatic heterocycles. The fraction of sp³-hybridized carbons (Fsp3) is 0.250. The van der Waals surface area contributed by atoms with E-state index in [2.05, 4.69) is 0 Å². The van der Waals surface area contributed by atoms with Crippen molar-refractivity contribution >= 4 is 11.6 Å². The molecule has 3 N–H and O–H groups in total. The van der Waals surface area contributed by atoms with Crippen molar-refractivity contribution in [2.45, 2.75) is 6.61 Å². The van der Waals surface area contributed by atoms with Crippen LogP contribution in [0.3, 0.4) is 0 Å². The minimum atomic E-state index is 0. The highest BCUT2D eigenvalue weighted by molar-refractivity contribution is 6.17. The number of halogens is 1. The summed E-state index contributed by atoms with van der Waals surface area (Å²) >= 11 is 5.33. The number of hydrogen-bond donors (Lipinski definition) is 1. The van der Waals surface area contributed by atoms with E-state index in [4.69, 9.17) is 16.3 Å². The normalized spacial score (nSPS) is 8.82. The third kappa shape index (κ3) is 3.98. The second-order valence-corrected chi connectivity index (χ2v) is 2.16. The zero-order chi connectivity index (χ0) is 7.23. The molecule has 0 unspecified atom stereocenters. The van der Waals surface area contributed by atoms with Gasteiger partial charge < -0.3 is 10.9 Å². The monoisotopic (exact) mass is 173 g/mol. The smallest absolute Gasteiger partial charge is 0.121 e. The van der Waals surface area contributed by atoms with Crippen LogP contribution in [0, 0.1) is 0 Å². The Bertz CT molecular complexity index is 179. The summed E-state index contributed by atoms with van der Waals surface area (Å²) in [6.07, 6.45) is 0. The number of alkyl halides is 1. The molecule has 0 heterocycles. The third-order valence-electron chi connectivity index (χ3n) is 1.19. The summed E-state index contributed by atoms with van der Waals surface area (Å²) < 4.78 is 4.98. The molecule has 0 spiro atoms. The van der Waals surface area contributed by atoms with Crippen molar-refractivity contribution < 1.29 is 4.74 Å². The minimum Gasteiger partial charge on any atom is -0.361 e. The van der Waals surface area contributed by atoms with Crippen molar-refractivity contribution in [3.63, 3.8) is 0 Å². The Morgan fingerprint density at radius 3 is 2.36 bits per heavy atom. The fourth-order valence-electron chi connectivity index (χ4n) is 0.731. The van der Waals surface area contributed by atoms with Gasteiger partial charge in [0.05, 0.1) is 6.61 Å². The molecule has 0 bridgehead atoms. The van der Waals surface area contributed by atoms with Gasteiger partial charge >= 0.3 is 0 Å². The minimum absolute atomic E-state index is 0. The molecular weight excluding hydrogens is 162 g/mol. The highest BCUT2D eigenvalue weighted by Gasteiger charge is 1.87. The van der Waals surface area contributed by atoms with E-state index < -0.39 is 0 Å². The lowest BCUT2D eigenvalue weighted by Gasteiger charge is -1.97. The van der Waals surface area contributed by atoms with Crippen LogP contribution in [-0.4, -0.2) is 6.07 Å². The van der Waals surface area contributed by atoms with Gasteiger partial charge in [-0.3, -0.25) is 0 Å². The van der Waals surface area contributed by atoms with E-state index in [0.717, 1.165) is 5.56 Å². The molecule has 0 atom stereocenters. The number of hydrogen-bond acceptors (Lipinski definition) is 2. The van der Waals surface area contributed by atoms with Crippen molar-refractivity contribution in [3.8, 4) is 0 Å². The van der Waals surface area contributed by atoms with Crippen LogP contribution in [0.5, 0.6) is 0 Å². The highest BCUT2D eigenvalue weighted by atomic mass is 35.5. The maximum atomic E-state index is 5.33. The SMILES string of the molecule is ClCOCc1ccccc1.N. The standard InChI is InChI=1S/C8H9ClO.H3N/c9-7-10-6-8-4-2-1-3-5-8;/h1-5H,6-7H2;1H3. The fourth-order valence-corrected chi connectivity index (χ4v) is 0.808. The molecule has 1 rings (SSSR count). The lowest BCUT2D eigenvalue weighted by atomic mass is 10.2. The molecule has 0 amide bonds. The molecule has 0 saturated carbocycles. The summed E-state index contributed by atoms with van der Waals surface area (Å²) in [7, 11) is 0. The second-order valence-electron chi connectivity index (χ2n) is 1.94. The lowest BCUT2D eigenvalue weighted by molar-refractivity contribution is 0.165. The molecule has 2 nitrogen and oxygen atoms in total. The second kappa shape index (κ2) is 6.16. The average molecular weight is 174 g/mol. The molecule has 0 aliphatic rings. The van der Waals surface area contributed by atoms with E-state index in [-0.39, 0.29) is 12.2 Å². The van der Waals surface area contributed by atoms with E-state index >= 15 is 0 Å². The summed E-state index contributed by atoms with van der Waals surface area (Å²) in [5, 5.41) is 0. The Labute approximate surface area is 71.7 Å². The molecule has 0 radical (unpaired) electrons. The first-order chi connectivity index (χ1) is 4.93. The summed E-state index contributed by atoms with van der Waals surface area (Å²) in [5.41, 5.74) is 1.16. The third-order valence-corrected chi connectivity index (χ3v) is 1.34. The molecule has 3 heteroatoms. The molecule has 0 aromatic heterocycles. The van der Waals surface area contributed by atoms with Crippen LogP contribution in [0.2, 0.25) is 0 Å². The van der Waals surface area contributed by atoms with Gasteiger partial charge in [0.1, 0.15) is 6.07 Å². The van der Waals surface area contributed by atoms with Crippen LogP contribution < -0.4 is 6.15 Å². The quantitative estimate of drug-likeness (QED) is 0.714. The Kier molecular flexibility index (Phi) is 5.84. The van der Waals surface area contributed by atoms with Crippen molar-refractivity contribution in [2.24, 2.45) is 0 Å². The van der Waals surface area contributed by atoms with Crippen molar-refractivity contribution in [1.29, 1.82) is 0 Å². The average Bonchev–Trinajstić information content (AvgIpc) is 2.03. The van der Waals surface area contributed by atoms with Gasteiger partial charge in [0.15, 0.2) is 0 Å². The zero-order valence-electron chi connectivity index (χ0n) is 6.29. The van der Waals surface area contributed by atoms with Crippen molar-refractivity contribution in [1.82, 2.24) is 6.15 Å². The van der Waals surface area contributed by atoms with Gasteiger partial charge in [0.25, 0.3) is 0 Å². The van der Waals surface area contributed by atoms with E-state index in [9.17, 15) is 0 Å². The number of ether oxygens (including phenoxy) is 1. The molecule has 11 heavy (non-hydrogen) atoms. The molecule has 0 aliphatic carbocycles. The van der Waals surface area contributed by atoms with Crippen molar-refractivity contribution in [2.75, 3.05) is 6.07 Å². The molecule has 62 valence electrons. The van der Waals surface area contributed by atoms with Crippen molar-refractivity contribution in [3.05, 3.63) is 35.9 Å². The van der Waals surface area contributed by atoms with Crippen LogP contribution in [0.25, 0.3) is 0 Å². The number of benzene rings is 1. The van der Waals surface area contributed by atoms with Gasteiger partial charge in [0, 0.05) is 0 Å². The predicted octanol–water partition coefficient (Wildman–Crippen LogP) is 2.56. The van der Waals surface area contributed by atoms with E-state index in [1.165, 1.54) is 0 Å². The topological polar surface area (TPSA) is 44.2 Å². The molecule has 0 saturated heterocycles. The maximum absolute atomic E-state index is 5.33. The molecule has 0 fully saturated rings. The first-order valence-electron chi connectivity index (χ1n) is 3.11. The first-order valence-corrected chi connectivity index (χ1v) is 3.64. The van der Waals surface area contributed by atoms with E-state index in [1.54, 1.807) is 0 Å². The van der Waals surface area contributed by atoms with Gasteiger partial charge in [-0.15, -0.1) is 0 Å². The molecule has 1 aromatic rings. The Morgan fingerprint density at radius 2 is 1.82 bits per heavy atom. The van der Waals surface area contributed by atoms with Crippen LogP contribution in [0.1, 0.15) is 5.56 Å². The van der Waals surface area contributed by atoms with Crippen LogP contribution in [0.4, 0.5) is 0 Å². The van der Waals surface area contributed by atoms with Gasteiger partial charge in [-0.2, -0.15) is 0 Å². The predicted molar refractivity (Wildman–Crippen MR) is 47.0 cm³/mol. The largest absolute Gasteiger partial charge is 0.361 e. The van der Waals surface area contributed by atoms with Gasteiger partial charge in [-0.1, -0.05) is 41.9 Å². The molecule has 1 aromatic carbocycles. The van der Waals surface area contributed by atoms with Gasteiger partial charge in [-0.05, 0) is 5.56 Å². The summed E-state index contributed by atoms with van der Waals surface area (Å²) in [6.45, 7) is 0.602. The lowest BCUT2D eigenvalue weighted by Crippen LogP contribution is -1.88. The van der Waals surface area contributed by atoms with Gasteiger partial charge in [-0.25, -0.2) is 0 Å². The maximum Gasteiger partial charge on any atom is 0.121 e. The zero-order valence-corrected chi connectivity index (χ0v) is 7.05. The van der Waals surface area contributed by atoms with Gasteiger partial charge in [0.2, 0.25) is 0 Å². The van der Waals surface area contributed by atoms with Crippen LogP contribution in [-0.2, 0) is 11.3 Å². The summed E-state index contributed by atoms with van der Waals surface area (Å²) in [6, 6.07) is 10.2. The van der Waals surface area contributed by atoms with E-state index in [1.807, 2.05) is 30.3 Å². The Morgan fingerprint density at radius 1 is 1.18 bits per heavy atom. The Hall–Kier alpha value is -0.570. The molecular formula is C8H12ClNO. The summed E-state index contributed by atoms with van der Waals surface area (Å²) in [4.78, 5) is 0. The highest BCUT2D eigenvalue weighted by Crippen LogP contribution is 2.00. The Balaban J connectivity index is 0.000001000.